The molecule has 2 rings (SSSR count). The normalized spacial score (nSPS) is 11.1. The first-order valence-electron chi connectivity index (χ1n) is 4.93. The van der Waals surface area contributed by atoms with E-state index in [1.165, 1.54) is 11.3 Å². The van der Waals surface area contributed by atoms with Crippen LogP contribution in [0.3, 0.4) is 0 Å². The van der Waals surface area contributed by atoms with Crippen molar-refractivity contribution in [3.05, 3.63) is 34.8 Å². The molecule has 0 aliphatic carbocycles. The summed E-state index contributed by atoms with van der Waals surface area (Å²) in [5.41, 5.74) is 0.841. The van der Waals surface area contributed by atoms with Gasteiger partial charge in [-0.25, -0.2) is 4.99 Å². The van der Waals surface area contributed by atoms with E-state index in [0.717, 1.165) is 17.0 Å². The standard InChI is InChI=1S/C11H11N3OS/c1-2-10-13-14-11(16-10)12-7-8-4-3-5-9(15)6-8/h3-7,15H,2H2,1H3/b12-7+. The van der Waals surface area contributed by atoms with Crippen molar-refractivity contribution >= 4 is 22.7 Å². The van der Waals surface area contributed by atoms with Gasteiger partial charge in [0.1, 0.15) is 10.8 Å². The molecule has 82 valence electrons. The number of benzene rings is 1. The second-order valence-electron chi connectivity index (χ2n) is 3.19. The summed E-state index contributed by atoms with van der Waals surface area (Å²) < 4.78 is 0. The number of hydrogen-bond donors (Lipinski definition) is 1. The first kappa shape index (κ1) is 10.8. The van der Waals surface area contributed by atoms with Crippen LogP contribution >= 0.6 is 11.3 Å². The van der Waals surface area contributed by atoms with Crippen molar-refractivity contribution in [1.82, 2.24) is 10.2 Å². The number of nitrogens with zero attached hydrogens (tertiary/aromatic N) is 3. The number of aromatic nitrogens is 2. The maximum Gasteiger partial charge on any atom is 0.231 e. The Morgan fingerprint density at radius 2 is 2.31 bits per heavy atom. The fraction of sp³-hybridized carbons (Fsp3) is 0.182. The third-order valence-electron chi connectivity index (χ3n) is 1.95. The van der Waals surface area contributed by atoms with Gasteiger partial charge in [0.15, 0.2) is 0 Å². The zero-order valence-corrected chi connectivity index (χ0v) is 9.61. The van der Waals surface area contributed by atoms with Crippen LogP contribution in [-0.2, 0) is 6.42 Å². The summed E-state index contributed by atoms with van der Waals surface area (Å²) in [6.45, 7) is 2.03. The number of aryl methyl sites for hydroxylation is 1. The van der Waals surface area contributed by atoms with Crippen LogP contribution in [0.25, 0.3) is 0 Å². The second kappa shape index (κ2) is 4.85. The van der Waals surface area contributed by atoms with Gasteiger partial charge in [0.2, 0.25) is 5.13 Å². The summed E-state index contributed by atoms with van der Waals surface area (Å²) in [6.07, 6.45) is 2.54. The number of rotatable bonds is 3. The number of hydrogen-bond acceptors (Lipinski definition) is 5. The van der Waals surface area contributed by atoms with E-state index in [0.29, 0.717) is 5.13 Å². The molecule has 16 heavy (non-hydrogen) atoms. The lowest BCUT2D eigenvalue weighted by atomic mass is 10.2. The molecule has 0 saturated carbocycles. The molecule has 0 aliphatic rings. The van der Waals surface area contributed by atoms with E-state index in [2.05, 4.69) is 15.2 Å². The van der Waals surface area contributed by atoms with E-state index >= 15 is 0 Å². The molecule has 1 aromatic carbocycles. The molecule has 1 aromatic heterocycles. The Morgan fingerprint density at radius 3 is 3.00 bits per heavy atom. The molecule has 1 heterocycles. The Labute approximate surface area is 97.3 Å². The summed E-state index contributed by atoms with van der Waals surface area (Å²) in [5, 5.41) is 18.8. The molecule has 0 fully saturated rings. The van der Waals surface area contributed by atoms with Crippen molar-refractivity contribution in [2.24, 2.45) is 4.99 Å². The van der Waals surface area contributed by atoms with Gasteiger partial charge in [-0.05, 0) is 24.1 Å². The van der Waals surface area contributed by atoms with Gasteiger partial charge in [0, 0.05) is 6.21 Å². The third-order valence-corrected chi connectivity index (χ3v) is 2.93. The molecule has 0 saturated heterocycles. The van der Waals surface area contributed by atoms with Gasteiger partial charge in [-0.1, -0.05) is 30.4 Å². The van der Waals surface area contributed by atoms with Crippen LogP contribution in [0.2, 0.25) is 0 Å². The molecule has 0 bridgehead atoms. The van der Waals surface area contributed by atoms with Crippen molar-refractivity contribution in [2.45, 2.75) is 13.3 Å². The third kappa shape index (κ3) is 2.64. The lowest BCUT2D eigenvalue weighted by Gasteiger charge is -1.92. The molecule has 4 nitrogen and oxygen atoms in total. The monoisotopic (exact) mass is 233 g/mol. The Kier molecular flexibility index (Phi) is 3.26. The molecule has 0 unspecified atom stereocenters. The molecule has 0 amide bonds. The highest BCUT2D eigenvalue weighted by Crippen LogP contribution is 2.18. The predicted octanol–water partition coefficient (Wildman–Crippen LogP) is 2.56. The average Bonchev–Trinajstić information content (AvgIpc) is 2.74. The number of phenolic OH excluding ortho intramolecular Hbond substituents is 1. The largest absolute Gasteiger partial charge is 0.508 e. The molecular weight excluding hydrogens is 222 g/mol. The summed E-state index contributed by atoms with van der Waals surface area (Å²) in [5.74, 6) is 0.232. The Balaban J connectivity index is 2.14. The maximum atomic E-state index is 9.27. The van der Waals surface area contributed by atoms with E-state index in [9.17, 15) is 5.11 Å². The van der Waals surface area contributed by atoms with Gasteiger partial charge in [0.25, 0.3) is 0 Å². The minimum atomic E-state index is 0.232. The second-order valence-corrected chi connectivity index (χ2v) is 4.23. The van der Waals surface area contributed by atoms with Crippen molar-refractivity contribution in [3.8, 4) is 5.75 Å². The average molecular weight is 233 g/mol. The highest BCUT2D eigenvalue weighted by molar-refractivity contribution is 7.14. The molecule has 0 radical (unpaired) electrons. The molecular formula is C11H11N3OS. The van der Waals surface area contributed by atoms with Crippen LogP contribution in [0.5, 0.6) is 5.75 Å². The van der Waals surface area contributed by atoms with E-state index in [1.807, 2.05) is 13.0 Å². The molecule has 0 aliphatic heterocycles. The van der Waals surface area contributed by atoms with Gasteiger partial charge in [-0.3, -0.25) is 0 Å². The van der Waals surface area contributed by atoms with Crippen LogP contribution in [0.1, 0.15) is 17.5 Å². The SMILES string of the molecule is CCc1nnc(/N=C/c2cccc(O)c2)s1. The van der Waals surface area contributed by atoms with Gasteiger partial charge in [-0.15, -0.1) is 10.2 Å². The quantitative estimate of drug-likeness (QED) is 0.829. The van der Waals surface area contributed by atoms with E-state index in [4.69, 9.17) is 0 Å². The van der Waals surface area contributed by atoms with E-state index in [-0.39, 0.29) is 5.75 Å². The smallest absolute Gasteiger partial charge is 0.231 e. The highest BCUT2D eigenvalue weighted by atomic mass is 32.1. The molecule has 0 spiro atoms. The van der Waals surface area contributed by atoms with Crippen molar-refractivity contribution in [1.29, 1.82) is 0 Å². The molecule has 1 N–H and O–H groups in total. The summed E-state index contributed by atoms with van der Waals surface area (Å²) in [6, 6.07) is 6.90. The van der Waals surface area contributed by atoms with E-state index in [1.54, 1.807) is 24.4 Å². The lowest BCUT2D eigenvalue weighted by molar-refractivity contribution is 0.475. The van der Waals surface area contributed by atoms with Crippen molar-refractivity contribution < 1.29 is 5.11 Å². The first-order valence-corrected chi connectivity index (χ1v) is 5.75. The van der Waals surface area contributed by atoms with Gasteiger partial charge >= 0.3 is 0 Å². The van der Waals surface area contributed by atoms with Gasteiger partial charge in [0.05, 0.1) is 0 Å². The van der Waals surface area contributed by atoms with Crippen molar-refractivity contribution in [2.75, 3.05) is 0 Å². The number of aliphatic imine (C=N–C) groups is 1. The fourth-order valence-corrected chi connectivity index (χ4v) is 1.80. The maximum absolute atomic E-state index is 9.27. The molecule has 5 heteroatoms. The predicted molar refractivity (Wildman–Crippen MR) is 64.6 cm³/mol. The number of aromatic hydroxyl groups is 1. The first-order chi connectivity index (χ1) is 7.78. The Bertz CT molecular complexity index is 507. The summed E-state index contributed by atoms with van der Waals surface area (Å²) >= 11 is 1.47. The van der Waals surface area contributed by atoms with Crippen LogP contribution < -0.4 is 0 Å². The minimum absolute atomic E-state index is 0.232. The lowest BCUT2D eigenvalue weighted by Crippen LogP contribution is -1.78. The zero-order chi connectivity index (χ0) is 11.4. The van der Waals surface area contributed by atoms with Crippen LogP contribution in [0.15, 0.2) is 29.3 Å². The summed E-state index contributed by atoms with van der Waals surface area (Å²) in [7, 11) is 0. The van der Waals surface area contributed by atoms with Gasteiger partial charge in [-0.2, -0.15) is 0 Å². The minimum Gasteiger partial charge on any atom is -0.508 e. The highest BCUT2D eigenvalue weighted by Gasteiger charge is 1.99. The molecule has 2 aromatic rings. The van der Waals surface area contributed by atoms with Crippen LogP contribution in [-0.4, -0.2) is 21.5 Å². The fourth-order valence-electron chi connectivity index (χ4n) is 1.17. The van der Waals surface area contributed by atoms with Crippen molar-refractivity contribution in [3.63, 3.8) is 0 Å². The summed E-state index contributed by atoms with van der Waals surface area (Å²) in [4.78, 5) is 4.20. The van der Waals surface area contributed by atoms with Gasteiger partial charge < -0.3 is 5.11 Å². The topological polar surface area (TPSA) is 58.4 Å². The van der Waals surface area contributed by atoms with E-state index < -0.39 is 0 Å². The zero-order valence-electron chi connectivity index (χ0n) is 8.79. The Hall–Kier alpha value is -1.75. The Morgan fingerprint density at radius 1 is 1.44 bits per heavy atom. The van der Waals surface area contributed by atoms with Crippen LogP contribution in [0.4, 0.5) is 5.13 Å². The molecule has 0 atom stereocenters. The number of phenols is 1. The van der Waals surface area contributed by atoms with Crippen LogP contribution in [0, 0.1) is 0 Å².